The fourth-order valence-corrected chi connectivity index (χ4v) is 2.43. The molecule has 5 nitrogen and oxygen atoms in total. The number of hydrogen-bond donors (Lipinski definition) is 1. The van der Waals surface area contributed by atoms with Gasteiger partial charge in [0.25, 0.3) is 5.88 Å². The Balaban J connectivity index is 2.37. The lowest BCUT2D eigenvalue weighted by Crippen LogP contribution is -2.00. The van der Waals surface area contributed by atoms with Crippen molar-refractivity contribution in [3.8, 4) is 17.4 Å². The van der Waals surface area contributed by atoms with Gasteiger partial charge in [0.05, 0.1) is 11.6 Å². The third kappa shape index (κ3) is 2.73. The van der Waals surface area contributed by atoms with Gasteiger partial charge in [-0.2, -0.15) is 4.98 Å². The van der Waals surface area contributed by atoms with Gasteiger partial charge in [0.15, 0.2) is 5.82 Å². The van der Waals surface area contributed by atoms with Crippen LogP contribution >= 0.6 is 31.9 Å². The molecule has 1 aromatic heterocycles. The van der Waals surface area contributed by atoms with E-state index in [4.69, 9.17) is 15.2 Å². The van der Waals surface area contributed by atoms with E-state index < -0.39 is 0 Å². The summed E-state index contributed by atoms with van der Waals surface area (Å²) in [5.41, 5.74) is 5.67. The first-order valence-electron chi connectivity index (χ1n) is 4.89. The third-order valence-electron chi connectivity index (χ3n) is 2.10. The van der Waals surface area contributed by atoms with Gasteiger partial charge >= 0.3 is 0 Å². The SMILES string of the molecule is COc1c(N)ncnc1Oc1ccc(Br)cc1Br. The predicted molar refractivity (Wildman–Crippen MR) is 74.9 cm³/mol. The first-order chi connectivity index (χ1) is 8.61. The molecule has 0 spiro atoms. The highest BCUT2D eigenvalue weighted by atomic mass is 79.9. The summed E-state index contributed by atoms with van der Waals surface area (Å²) < 4.78 is 12.5. The van der Waals surface area contributed by atoms with Gasteiger partial charge < -0.3 is 15.2 Å². The average molecular weight is 375 g/mol. The molecular weight excluding hydrogens is 366 g/mol. The molecule has 1 aromatic carbocycles. The van der Waals surface area contributed by atoms with Crippen LogP contribution in [0.15, 0.2) is 33.5 Å². The van der Waals surface area contributed by atoms with Gasteiger partial charge in [0.1, 0.15) is 12.1 Å². The quantitative estimate of drug-likeness (QED) is 0.891. The van der Waals surface area contributed by atoms with E-state index in [1.807, 2.05) is 12.1 Å². The topological polar surface area (TPSA) is 70.3 Å². The van der Waals surface area contributed by atoms with Crippen molar-refractivity contribution in [2.24, 2.45) is 0 Å². The Labute approximate surface area is 121 Å². The second kappa shape index (κ2) is 5.53. The van der Waals surface area contributed by atoms with E-state index in [2.05, 4.69) is 41.8 Å². The van der Waals surface area contributed by atoms with Crippen LogP contribution in [0.2, 0.25) is 0 Å². The molecule has 94 valence electrons. The standard InChI is InChI=1S/C11H9Br2N3O2/c1-17-9-10(14)15-5-16-11(9)18-8-3-2-6(12)4-7(8)13/h2-5H,1H3,(H2,14,15,16). The molecule has 0 amide bonds. The molecule has 2 aromatic rings. The summed E-state index contributed by atoms with van der Waals surface area (Å²) in [5.74, 6) is 1.42. The number of nitrogens with two attached hydrogens (primary N) is 1. The minimum atomic E-state index is 0.232. The summed E-state index contributed by atoms with van der Waals surface area (Å²) in [6.45, 7) is 0. The van der Waals surface area contributed by atoms with E-state index >= 15 is 0 Å². The Morgan fingerprint density at radius 3 is 2.67 bits per heavy atom. The largest absolute Gasteiger partial charge is 0.489 e. The van der Waals surface area contributed by atoms with Crippen LogP contribution in [-0.4, -0.2) is 17.1 Å². The number of anilines is 1. The van der Waals surface area contributed by atoms with Crippen molar-refractivity contribution in [3.05, 3.63) is 33.5 Å². The molecule has 0 bridgehead atoms. The zero-order valence-electron chi connectivity index (χ0n) is 9.35. The minimum Gasteiger partial charge on any atom is -0.489 e. The van der Waals surface area contributed by atoms with E-state index in [1.165, 1.54) is 13.4 Å². The van der Waals surface area contributed by atoms with E-state index in [1.54, 1.807) is 6.07 Å². The number of benzene rings is 1. The Hall–Kier alpha value is -1.34. The Morgan fingerprint density at radius 1 is 1.22 bits per heavy atom. The molecule has 0 saturated carbocycles. The highest BCUT2D eigenvalue weighted by Crippen LogP contribution is 2.36. The van der Waals surface area contributed by atoms with Crippen LogP contribution in [0.25, 0.3) is 0 Å². The van der Waals surface area contributed by atoms with Crippen molar-refractivity contribution < 1.29 is 9.47 Å². The highest BCUT2D eigenvalue weighted by Gasteiger charge is 2.13. The van der Waals surface area contributed by atoms with Crippen LogP contribution < -0.4 is 15.2 Å². The van der Waals surface area contributed by atoms with Crippen LogP contribution in [-0.2, 0) is 0 Å². The molecule has 18 heavy (non-hydrogen) atoms. The van der Waals surface area contributed by atoms with Crippen molar-refractivity contribution in [2.75, 3.05) is 12.8 Å². The van der Waals surface area contributed by atoms with Crippen LogP contribution in [0.3, 0.4) is 0 Å². The van der Waals surface area contributed by atoms with Gasteiger partial charge in [-0.25, -0.2) is 4.98 Å². The van der Waals surface area contributed by atoms with Crippen molar-refractivity contribution in [2.45, 2.75) is 0 Å². The van der Waals surface area contributed by atoms with Crippen LogP contribution in [0.5, 0.6) is 17.4 Å². The predicted octanol–water partition coefficient (Wildman–Crippen LogP) is 3.38. The number of rotatable bonds is 3. The molecule has 0 saturated heterocycles. The van der Waals surface area contributed by atoms with Gasteiger partial charge in [-0.3, -0.25) is 0 Å². The van der Waals surface area contributed by atoms with E-state index in [0.717, 1.165) is 8.95 Å². The summed E-state index contributed by atoms with van der Waals surface area (Å²) in [7, 11) is 1.48. The molecule has 7 heteroatoms. The summed E-state index contributed by atoms with van der Waals surface area (Å²) in [6, 6.07) is 5.52. The number of halogens is 2. The fraction of sp³-hybridized carbons (Fsp3) is 0.0909. The van der Waals surface area contributed by atoms with Crippen molar-refractivity contribution in [1.82, 2.24) is 9.97 Å². The zero-order chi connectivity index (χ0) is 13.1. The molecule has 0 fully saturated rings. The smallest absolute Gasteiger partial charge is 0.268 e. The van der Waals surface area contributed by atoms with E-state index in [-0.39, 0.29) is 11.7 Å². The Bertz CT molecular complexity index is 578. The number of ether oxygens (including phenoxy) is 2. The maximum atomic E-state index is 5.67. The molecule has 1 heterocycles. The monoisotopic (exact) mass is 373 g/mol. The second-order valence-electron chi connectivity index (χ2n) is 3.27. The fourth-order valence-electron chi connectivity index (χ4n) is 1.30. The first kappa shape index (κ1) is 13.1. The molecular formula is C11H9Br2N3O2. The summed E-state index contributed by atoms with van der Waals surface area (Å²) in [6.07, 6.45) is 1.32. The average Bonchev–Trinajstić information content (AvgIpc) is 2.33. The number of hydrogen-bond acceptors (Lipinski definition) is 5. The van der Waals surface area contributed by atoms with Gasteiger partial charge in [-0.15, -0.1) is 0 Å². The van der Waals surface area contributed by atoms with Crippen LogP contribution in [0.4, 0.5) is 5.82 Å². The summed E-state index contributed by atoms with van der Waals surface area (Å²) in [5, 5.41) is 0. The van der Waals surface area contributed by atoms with Gasteiger partial charge in [0.2, 0.25) is 5.75 Å². The maximum absolute atomic E-state index is 5.67. The lowest BCUT2D eigenvalue weighted by molar-refractivity contribution is 0.368. The first-order valence-corrected chi connectivity index (χ1v) is 6.47. The van der Waals surface area contributed by atoms with Crippen LogP contribution in [0.1, 0.15) is 0 Å². The number of nitrogen functional groups attached to an aromatic ring is 1. The van der Waals surface area contributed by atoms with Gasteiger partial charge in [-0.05, 0) is 34.1 Å². The van der Waals surface area contributed by atoms with E-state index in [9.17, 15) is 0 Å². The van der Waals surface area contributed by atoms with Gasteiger partial charge in [0, 0.05) is 4.47 Å². The van der Waals surface area contributed by atoms with Crippen molar-refractivity contribution in [1.29, 1.82) is 0 Å². The number of nitrogens with zero attached hydrogens (tertiary/aromatic N) is 2. The molecule has 0 unspecified atom stereocenters. The molecule has 0 radical (unpaired) electrons. The lowest BCUT2D eigenvalue weighted by Gasteiger charge is -2.11. The van der Waals surface area contributed by atoms with E-state index in [0.29, 0.717) is 11.5 Å². The second-order valence-corrected chi connectivity index (χ2v) is 5.04. The summed E-state index contributed by atoms with van der Waals surface area (Å²) in [4.78, 5) is 7.83. The molecule has 2 N–H and O–H groups in total. The maximum Gasteiger partial charge on any atom is 0.268 e. The molecule has 0 aliphatic carbocycles. The number of aromatic nitrogens is 2. The molecule has 0 atom stereocenters. The Morgan fingerprint density at radius 2 is 2.00 bits per heavy atom. The molecule has 0 aliphatic rings. The lowest BCUT2D eigenvalue weighted by atomic mass is 10.3. The zero-order valence-corrected chi connectivity index (χ0v) is 12.5. The van der Waals surface area contributed by atoms with Gasteiger partial charge in [-0.1, -0.05) is 15.9 Å². The summed E-state index contributed by atoms with van der Waals surface area (Å²) >= 11 is 6.76. The molecule has 2 rings (SSSR count). The van der Waals surface area contributed by atoms with Crippen LogP contribution in [0, 0.1) is 0 Å². The van der Waals surface area contributed by atoms with Crippen molar-refractivity contribution in [3.63, 3.8) is 0 Å². The normalized spacial score (nSPS) is 10.2. The van der Waals surface area contributed by atoms with Crippen molar-refractivity contribution >= 4 is 37.7 Å². The molecule has 0 aliphatic heterocycles. The minimum absolute atomic E-state index is 0.232. The third-order valence-corrected chi connectivity index (χ3v) is 3.22. The number of methoxy groups -OCH3 is 1. The highest BCUT2D eigenvalue weighted by molar-refractivity contribution is 9.11. The Kier molecular flexibility index (Phi) is 4.03.